The summed E-state index contributed by atoms with van der Waals surface area (Å²) in [5, 5.41) is 21.8. The van der Waals surface area contributed by atoms with Crippen molar-refractivity contribution in [3.8, 4) is 5.75 Å². The number of aliphatic hydroxyl groups excluding tert-OH is 1. The van der Waals surface area contributed by atoms with Crippen LogP contribution in [0.25, 0.3) is 10.9 Å². The first kappa shape index (κ1) is 26.1. The maximum atomic E-state index is 11.5. The third kappa shape index (κ3) is 7.22. The average molecular weight is 495 g/mol. The van der Waals surface area contributed by atoms with Crippen LogP contribution >= 0.6 is 23.4 Å². The molecule has 1 saturated heterocycles. The highest BCUT2D eigenvalue weighted by atomic mass is 35.5. The zero-order valence-corrected chi connectivity index (χ0v) is 21.1. The molecule has 1 aliphatic rings. The van der Waals surface area contributed by atoms with E-state index in [2.05, 4.69) is 16.8 Å². The first-order valence-electron chi connectivity index (χ1n) is 11.7. The summed E-state index contributed by atoms with van der Waals surface area (Å²) >= 11 is 8.41. The third-order valence-corrected chi connectivity index (χ3v) is 7.99. The second-order valence-corrected chi connectivity index (χ2v) is 10.4. The number of ether oxygens (including phenoxy) is 1. The van der Waals surface area contributed by atoms with E-state index in [0.717, 1.165) is 49.1 Å². The Morgan fingerprint density at radius 2 is 2.18 bits per heavy atom. The SMILES string of the molecule is CCCSCCN1CCC(CC[C@@H](O)c2c(Cl)cnc3ccc(OC)cc23)C(CC(=O)O)C1. The molecule has 182 valence electrons. The van der Waals surface area contributed by atoms with Gasteiger partial charge in [0, 0.05) is 42.4 Å². The van der Waals surface area contributed by atoms with Crippen molar-refractivity contribution in [3.05, 3.63) is 35.0 Å². The molecule has 1 aromatic heterocycles. The van der Waals surface area contributed by atoms with Crippen molar-refractivity contribution in [2.24, 2.45) is 11.8 Å². The van der Waals surface area contributed by atoms with Crippen molar-refractivity contribution in [1.29, 1.82) is 0 Å². The van der Waals surface area contributed by atoms with Gasteiger partial charge in [0.05, 0.1) is 23.8 Å². The molecular weight excluding hydrogens is 460 g/mol. The summed E-state index contributed by atoms with van der Waals surface area (Å²) in [7, 11) is 1.60. The molecule has 0 radical (unpaired) electrons. The van der Waals surface area contributed by atoms with Crippen molar-refractivity contribution >= 4 is 40.2 Å². The number of likely N-dealkylation sites (tertiary alicyclic amines) is 1. The molecule has 1 fully saturated rings. The van der Waals surface area contributed by atoms with Gasteiger partial charge in [-0.2, -0.15) is 11.8 Å². The van der Waals surface area contributed by atoms with E-state index >= 15 is 0 Å². The molecule has 33 heavy (non-hydrogen) atoms. The number of carboxylic acid groups (broad SMARTS) is 1. The number of piperidine rings is 1. The second-order valence-electron chi connectivity index (χ2n) is 8.82. The predicted octanol–water partition coefficient (Wildman–Crippen LogP) is 5.27. The molecule has 6 nitrogen and oxygen atoms in total. The van der Waals surface area contributed by atoms with Gasteiger partial charge in [0.15, 0.2) is 0 Å². The number of halogens is 1. The number of carboxylic acids is 1. The molecule has 0 spiro atoms. The lowest BCUT2D eigenvalue weighted by molar-refractivity contribution is -0.139. The van der Waals surface area contributed by atoms with Crippen molar-refractivity contribution in [1.82, 2.24) is 9.88 Å². The summed E-state index contributed by atoms with van der Waals surface area (Å²) in [5.74, 6) is 2.58. The van der Waals surface area contributed by atoms with E-state index in [4.69, 9.17) is 16.3 Å². The summed E-state index contributed by atoms with van der Waals surface area (Å²) in [6, 6.07) is 5.55. The molecular formula is C25H35ClN2O4S. The number of fused-ring (bicyclic) bond motifs is 1. The van der Waals surface area contributed by atoms with Gasteiger partial charge >= 0.3 is 5.97 Å². The minimum atomic E-state index is -0.747. The Bertz CT molecular complexity index is 929. The Labute approximate surface area is 205 Å². The minimum Gasteiger partial charge on any atom is -0.497 e. The maximum absolute atomic E-state index is 11.5. The molecule has 2 unspecified atom stereocenters. The number of hydrogen-bond donors (Lipinski definition) is 2. The number of aliphatic hydroxyl groups is 1. The molecule has 2 heterocycles. The van der Waals surface area contributed by atoms with Gasteiger partial charge in [-0.05, 0) is 68.0 Å². The van der Waals surface area contributed by atoms with Crippen LogP contribution in [0.1, 0.15) is 50.7 Å². The number of aromatic nitrogens is 1. The lowest BCUT2D eigenvalue weighted by Crippen LogP contribution is -2.42. The lowest BCUT2D eigenvalue weighted by atomic mass is 9.79. The van der Waals surface area contributed by atoms with Crippen LogP contribution in [-0.4, -0.2) is 64.3 Å². The highest BCUT2D eigenvalue weighted by molar-refractivity contribution is 7.99. The number of thioether (sulfide) groups is 1. The van der Waals surface area contributed by atoms with Crippen LogP contribution in [0.4, 0.5) is 0 Å². The Kier molecular flexibility index (Phi) is 10.1. The Morgan fingerprint density at radius 3 is 2.91 bits per heavy atom. The van der Waals surface area contributed by atoms with E-state index in [1.54, 1.807) is 13.3 Å². The molecule has 8 heteroatoms. The summed E-state index contributed by atoms with van der Waals surface area (Å²) in [4.78, 5) is 18.3. The standard InChI is InChI=1S/C25H35ClN2O4S/c1-3-11-33-12-10-28-9-8-17(18(16-28)13-24(30)31)4-7-23(29)25-20-14-19(32-2)5-6-22(20)27-15-21(25)26/h5-6,14-15,17-18,23,29H,3-4,7-13,16H2,1-2H3,(H,30,31)/t17?,18?,23-/m1/s1. The van der Waals surface area contributed by atoms with Gasteiger partial charge in [-0.25, -0.2) is 0 Å². The number of benzene rings is 1. The minimum absolute atomic E-state index is 0.101. The van der Waals surface area contributed by atoms with Crippen LogP contribution in [0.3, 0.4) is 0 Å². The van der Waals surface area contributed by atoms with Gasteiger partial charge in [0.1, 0.15) is 5.75 Å². The molecule has 1 aliphatic heterocycles. The Morgan fingerprint density at radius 1 is 1.36 bits per heavy atom. The molecule has 0 amide bonds. The first-order valence-corrected chi connectivity index (χ1v) is 13.3. The molecule has 3 atom stereocenters. The molecule has 0 aliphatic carbocycles. The number of carbonyl (C=O) groups is 1. The van der Waals surface area contributed by atoms with Crippen molar-refractivity contribution in [3.63, 3.8) is 0 Å². The Hall–Kier alpha value is -1.54. The van der Waals surface area contributed by atoms with E-state index in [9.17, 15) is 15.0 Å². The van der Waals surface area contributed by atoms with Crippen molar-refractivity contribution < 1.29 is 19.7 Å². The van der Waals surface area contributed by atoms with Gasteiger partial charge in [-0.15, -0.1) is 0 Å². The monoisotopic (exact) mass is 494 g/mol. The number of rotatable bonds is 12. The maximum Gasteiger partial charge on any atom is 0.303 e. The predicted molar refractivity (Wildman–Crippen MR) is 135 cm³/mol. The van der Waals surface area contributed by atoms with Crippen molar-refractivity contribution in [2.45, 2.75) is 45.1 Å². The van der Waals surface area contributed by atoms with Crippen LogP contribution in [0.5, 0.6) is 5.75 Å². The molecule has 0 saturated carbocycles. The van der Waals surface area contributed by atoms with E-state index in [1.165, 1.54) is 12.2 Å². The quantitative estimate of drug-likeness (QED) is 0.389. The highest BCUT2D eigenvalue weighted by Gasteiger charge is 2.31. The summed E-state index contributed by atoms with van der Waals surface area (Å²) in [6.07, 6.45) is 4.45. The smallest absolute Gasteiger partial charge is 0.303 e. The van der Waals surface area contributed by atoms with E-state index in [-0.39, 0.29) is 18.3 Å². The van der Waals surface area contributed by atoms with Gasteiger partial charge in [-0.3, -0.25) is 9.78 Å². The lowest BCUT2D eigenvalue weighted by Gasteiger charge is -2.38. The Balaban J connectivity index is 1.66. The van der Waals surface area contributed by atoms with Crippen LogP contribution in [-0.2, 0) is 4.79 Å². The van der Waals surface area contributed by atoms with E-state index in [0.29, 0.717) is 22.8 Å². The number of methoxy groups -OCH3 is 1. The second kappa shape index (κ2) is 12.8. The molecule has 2 N–H and O–H groups in total. The molecule has 1 aromatic carbocycles. The van der Waals surface area contributed by atoms with E-state index in [1.807, 2.05) is 30.0 Å². The number of pyridine rings is 1. The van der Waals surface area contributed by atoms with Crippen LogP contribution in [0.15, 0.2) is 24.4 Å². The van der Waals surface area contributed by atoms with Crippen LogP contribution < -0.4 is 4.74 Å². The zero-order valence-electron chi connectivity index (χ0n) is 19.5. The largest absolute Gasteiger partial charge is 0.497 e. The fraction of sp³-hybridized carbons (Fsp3) is 0.600. The molecule has 3 rings (SSSR count). The average Bonchev–Trinajstić information content (AvgIpc) is 2.80. The zero-order chi connectivity index (χ0) is 23.8. The number of hydrogen-bond acceptors (Lipinski definition) is 6. The van der Waals surface area contributed by atoms with E-state index < -0.39 is 12.1 Å². The molecule has 2 aromatic rings. The summed E-state index contributed by atoms with van der Waals surface area (Å²) in [6.45, 7) is 5.00. The van der Waals surface area contributed by atoms with Gasteiger partial charge < -0.3 is 19.8 Å². The molecule has 0 bridgehead atoms. The summed E-state index contributed by atoms with van der Waals surface area (Å²) in [5.41, 5.74) is 1.42. The summed E-state index contributed by atoms with van der Waals surface area (Å²) < 4.78 is 5.34. The van der Waals surface area contributed by atoms with Crippen LogP contribution in [0.2, 0.25) is 5.02 Å². The van der Waals surface area contributed by atoms with Gasteiger partial charge in [-0.1, -0.05) is 18.5 Å². The van der Waals surface area contributed by atoms with Crippen molar-refractivity contribution in [2.75, 3.05) is 38.2 Å². The fourth-order valence-corrected chi connectivity index (χ4v) is 5.94. The van der Waals surface area contributed by atoms with Crippen LogP contribution in [0, 0.1) is 11.8 Å². The fourth-order valence-electron chi connectivity index (χ4n) is 4.78. The van der Waals surface area contributed by atoms with Gasteiger partial charge in [0.2, 0.25) is 0 Å². The topological polar surface area (TPSA) is 82.9 Å². The normalized spacial score (nSPS) is 20.1. The number of nitrogens with zero attached hydrogens (tertiary/aromatic N) is 2. The highest BCUT2D eigenvalue weighted by Crippen LogP contribution is 2.37. The first-order chi connectivity index (χ1) is 15.9. The number of aliphatic carboxylic acids is 1. The van der Waals surface area contributed by atoms with Gasteiger partial charge in [0.25, 0.3) is 0 Å². The third-order valence-electron chi connectivity index (χ3n) is 6.52.